The predicted molar refractivity (Wildman–Crippen MR) is 115 cm³/mol. The average Bonchev–Trinajstić information content (AvgIpc) is 2.70. The summed E-state index contributed by atoms with van der Waals surface area (Å²) in [4.78, 5) is 27.1. The van der Waals surface area contributed by atoms with E-state index in [9.17, 15) is 9.59 Å². The van der Waals surface area contributed by atoms with Crippen LogP contribution >= 0.6 is 23.2 Å². The van der Waals surface area contributed by atoms with E-state index in [0.29, 0.717) is 29.6 Å². The number of halogens is 2. The highest BCUT2D eigenvalue weighted by atomic mass is 35.5. The van der Waals surface area contributed by atoms with E-state index in [1.165, 1.54) is 0 Å². The van der Waals surface area contributed by atoms with Gasteiger partial charge in [-0.05, 0) is 49.1 Å². The van der Waals surface area contributed by atoms with Gasteiger partial charge in [-0.1, -0.05) is 60.5 Å². The number of carbonyl (C=O) groups excluding carboxylic acids is 2. The summed E-state index contributed by atoms with van der Waals surface area (Å²) in [7, 11) is 0. The molecule has 6 heteroatoms. The Bertz CT molecular complexity index is 793. The topological polar surface area (TPSA) is 49.4 Å². The van der Waals surface area contributed by atoms with E-state index >= 15 is 0 Å². The van der Waals surface area contributed by atoms with Gasteiger partial charge in [-0.3, -0.25) is 9.59 Å². The second kappa shape index (κ2) is 11.1. The van der Waals surface area contributed by atoms with Crippen molar-refractivity contribution in [2.24, 2.45) is 0 Å². The van der Waals surface area contributed by atoms with Gasteiger partial charge in [-0.15, -0.1) is 0 Å². The Morgan fingerprint density at radius 1 is 1.07 bits per heavy atom. The minimum Gasteiger partial charge on any atom is -0.354 e. The third-order valence-electron chi connectivity index (χ3n) is 4.55. The Morgan fingerprint density at radius 3 is 2.39 bits per heavy atom. The number of rotatable bonds is 9. The van der Waals surface area contributed by atoms with Crippen molar-refractivity contribution in [2.45, 2.75) is 45.7 Å². The maximum absolute atomic E-state index is 13.0. The minimum absolute atomic E-state index is 0.0889. The molecule has 0 bridgehead atoms. The number of amides is 2. The molecule has 0 aliphatic heterocycles. The van der Waals surface area contributed by atoms with Crippen LogP contribution in [0.1, 0.15) is 37.8 Å². The smallest absolute Gasteiger partial charge is 0.242 e. The summed E-state index contributed by atoms with van der Waals surface area (Å²) in [6.07, 6.45) is 1.65. The molecule has 150 valence electrons. The Hall–Kier alpha value is -2.04. The molecule has 2 aromatic rings. The minimum atomic E-state index is -0.569. The Morgan fingerprint density at radius 2 is 1.75 bits per heavy atom. The molecular formula is C22H26Cl2N2O2. The van der Waals surface area contributed by atoms with E-state index in [0.717, 1.165) is 17.5 Å². The first kappa shape index (κ1) is 22.3. The lowest BCUT2D eigenvalue weighted by atomic mass is 10.1. The van der Waals surface area contributed by atoms with Crippen LogP contribution in [0.15, 0.2) is 48.5 Å². The molecule has 2 aromatic carbocycles. The lowest BCUT2D eigenvalue weighted by molar-refractivity contribution is -0.140. The number of nitrogens with one attached hydrogen (secondary N) is 1. The van der Waals surface area contributed by atoms with Crippen molar-refractivity contribution in [2.75, 3.05) is 6.54 Å². The highest BCUT2D eigenvalue weighted by Crippen LogP contribution is 2.19. The molecule has 0 spiro atoms. The van der Waals surface area contributed by atoms with Gasteiger partial charge >= 0.3 is 0 Å². The van der Waals surface area contributed by atoms with Crippen LogP contribution in [0.3, 0.4) is 0 Å². The lowest BCUT2D eigenvalue weighted by Gasteiger charge is -2.29. The maximum Gasteiger partial charge on any atom is 0.242 e. The number of aryl methyl sites for hydroxylation is 1. The fourth-order valence-electron chi connectivity index (χ4n) is 2.85. The summed E-state index contributed by atoms with van der Waals surface area (Å²) < 4.78 is 0. The SMILES string of the molecule is CCCNC(=O)C(C)N(Cc1ccc(Cl)cc1)C(=O)CCc1ccccc1Cl. The molecule has 1 N–H and O–H groups in total. The van der Waals surface area contributed by atoms with Gasteiger partial charge in [0.15, 0.2) is 0 Å². The first-order valence-corrected chi connectivity index (χ1v) is 10.2. The predicted octanol–water partition coefficient (Wildman–Crippen LogP) is 4.87. The van der Waals surface area contributed by atoms with Crippen molar-refractivity contribution in [1.82, 2.24) is 10.2 Å². The van der Waals surface area contributed by atoms with Crippen LogP contribution in [0, 0.1) is 0 Å². The Kier molecular flexibility index (Phi) is 8.81. The van der Waals surface area contributed by atoms with Gasteiger partial charge in [-0.2, -0.15) is 0 Å². The van der Waals surface area contributed by atoms with E-state index in [1.54, 1.807) is 24.0 Å². The van der Waals surface area contributed by atoms with Gasteiger partial charge in [0.05, 0.1) is 0 Å². The van der Waals surface area contributed by atoms with Crippen LogP contribution in [0.2, 0.25) is 10.0 Å². The van der Waals surface area contributed by atoms with Crippen molar-refractivity contribution >= 4 is 35.0 Å². The average molecular weight is 421 g/mol. The summed E-state index contributed by atoms with van der Waals surface area (Å²) in [6, 6.07) is 14.2. The zero-order valence-corrected chi connectivity index (χ0v) is 17.8. The molecule has 4 nitrogen and oxygen atoms in total. The lowest BCUT2D eigenvalue weighted by Crippen LogP contribution is -2.47. The zero-order valence-electron chi connectivity index (χ0n) is 16.3. The molecule has 0 aliphatic rings. The third kappa shape index (κ3) is 6.54. The molecule has 2 rings (SSSR count). The Labute approximate surface area is 176 Å². The summed E-state index contributed by atoms with van der Waals surface area (Å²) >= 11 is 12.2. The number of hydrogen-bond acceptors (Lipinski definition) is 2. The van der Waals surface area contributed by atoms with Crippen molar-refractivity contribution < 1.29 is 9.59 Å². The normalized spacial score (nSPS) is 11.7. The number of carbonyl (C=O) groups is 2. The largest absolute Gasteiger partial charge is 0.354 e. The van der Waals surface area contributed by atoms with Crippen molar-refractivity contribution in [1.29, 1.82) is 0 Å². The van der Waals surface area contributed by atoms with Gasteiger partial charge in [0.2, 0.25) is 11.8 Å². The molecule has 0 radical (unpaired) electrons. The van der Waals surface area contributed by atoms with Crippen LogP contribution in [0.5, 0.6) is 0 Å². The monoisotopic (exact) mass is 420 g/mol. The molecule has 1 unspecified atom stereocenters. The van der Waals surface area contributed by atoms with Crippen LogP contribution in [0.4, 0.5) is 0 Å². The fraction of sp³-hybridized carbons (Fsp3) is 0.364. The van der Waals surface area contributed by atoms with E-state index in [2.05, 4.69) is 5.32 Å². The highest BCUT2D eigenvalue weighted by Gasteiger charge is 2.25. The van der Waals surface area contributed by atoms with Crippen LogP contribution in [-0.2, 0) is 22.6 Å². The standard InChI is InChI=1S/C22H26Cl2N2O2/c1-3-14-25-22(28)16(2)26(15-17-8-11-19(23)12-9-17)21(27)13-10-18-6-4-5-7-20(18)24/h4-9,11-12,16H,3,10,13-15H2,1-2H3,(H,25,28). The van der Waals surface area contributed by atoms with Crippen LogP contribution < -0.4 is 5.32 Å². The first-order valence-electron chi connectivity index (χ1n) is 9.47. The number of hydrogen-bond donors (Lipinski definition) is 1. The van der Waals surface area contributed by atoms with Crippen LogP contribution in [-0.4, -0.2) is 29.3 Å². The molecule has 2 amide bonds. The second-order valence-electron chi connectivity index (χ2n) is 6.71. The van der Waals surface area contributed by atoms with Gasteiger partial charge in [-0.25, -0.2) is 0 Å². The van der Waals surface area contributed by atoms with E-state index in [4.69, 9.17) is 23.2 Å². The third-order valence-corrected chi connectivity index (χ3v) is 5.17. The molecule has 0 fully saturated rings. The Balaban J connectivity index is 2.13. The van der Waals surface area contributed by atoms with Gasteiger partial charge in [0.25, 0.3) is 0 Å². The van der Waals surface area contributed by atoms with Crippen LogP contribution in [0.25, 0.3) is 0 Å². The highest BCUT2D eigenvalue weighted by molar-refractivity contribution is 6.31. The van der Waals surface area contributed by atoms with E-state index in [1.807, 2.05) is 43.3 Å². The summed E-state index contributed by atoms with van der Waals surface area (Å²) in [5.41, 5.74) is 1.85. The van der Waals surface area contributed by atoms with Gasteiger partial charge in [0.1, 0.15) is 6.04 Å². The van der Waals surface area contributed by atoms with E-state index in [-0.39, 0.29) is 18.2 Å². The fourth-order valence-corrected chi connectivity index (χ4v) is 3.21. The van der Waals surface area contributed by atoms with E-state index < -0.39 is 6.04 Å². The molecular weight excluding hydrogens is 395 g/mol. The molecule has 0 saturated carbocycles. The molecule has 0 aromatic heterocycles. The molecule has 1 atom stereocenters. The number of nitrogens with zero attached hydrogens (tertiary/aromatic N) is 1. The zero-order chi connectivity index (χ0) is 20.5. The molecule has 0 heterocycles. The number of benzene rings is 2. The molecule has 0 saturated heterocycles. The van der Waals surface area contributed by atoms with Crippen molar-refractivity contribution in [3.63, 3.8) is 0 Å². The quantitative estimate of drug-likeness (QED) is 0.628. The van der Waals surface area contributed by atoms with Gasteiger partial charge < -0.3 is 10.2 Å². The summed E-state index contributed by atoms with van der Waals surface area (Å²) in [6.45, 7) is 4.69. The van der Waals surface area contributed by atoms with Crippen molar-refractivity contribution in [3.8, 4) is 0 Å². The molecule has 28 heavy (non-hydrogen) atoms. The summed E-state index contributed by atoms with van der Waals surface area (Å²) in [5.74, 6) is -0.240. The van der Waals surface area contributed by atoms with Gasteiger partial charge in [0, 0.05) is 29.6 Å². The summed E-state index contributed by atoms with van der Waals surface area (Å²) in [5, 5.41) is 4.15. The van der Waals surface area contributed by atoms with Crippen molar-refractivity contribution in [3.05, 3.63) is 69.7 Å². The first-order chi connectivity index (χ1) is 13.4. The maximum atomic E-state index is 13.0. The molecule has 0 aliphatic carbocycles. The second-order valence-corrected chi connectivity index (χ2v) is 7.55.